The minimum absolute atomic E-state index is 0.0177. The molecule has 0 aliphatic rings. The van der Waals surface area contributed by atoms with E-state index in [1.165, 1.54) is 10.2 Å². The number of methoxy groups -OCH3 is 1. The largest absolute Gasteiger partial charge is 0.497 e. The molecule has 4 rings (SSSR count). The minimum Gasteiger partial charge on any atom is -0.497 e. The van der Waals surface area contributed by atoms with E-state index in [2.05, 4.69) is 36.2 Å². The number of ether oxygens (including phenoxy) is 1. The van der Waals surface area contributed by atoms with E-state index >= 15 is 0 Å². The summed E-state index contributed by atoms with van der Waals surface area (Å²) in [5.74, 6) is 1.40. The van der Waals surface area contributed by atoms with Gasteiger partial charge in [0.25, 0.3) is 5.91 Å². The number of aromatic nitrogens is 3. The second-order valence-corrected chi connectivity index (χ2v) is 9.50. The molecule has 0 spiro atoms. The van der Waals surface area contributed by atoms with E-state index in [4.69, 9.17) is 4.74 Å². The van der Waals surface area contributed by atoms with E-state index < -0.39 is 0 Å². The van der Waals surface area contributed by atoms with E-state index in [9.17, 15) is 4.79 Å². The quantitative estimate of drug-likeness (QED) is 0.417. The molecule has 7 heteroatoms. The van der Waals surface area contributed by atoms with Crippen molar-refractivity contribution in [3.8, 4) is 17.1 Å². The lowest BCUT2D eigenvalue weighted by molar-refractivity contribution is 0.0947. The van der Waals surface area contributed by atoms with Crippen LogP contribution in [0.25, 0.3) is 11.4 Å². The van der Waals surface area contributed by atoms with Crippen molar-refractivity contribution in [3.63, 3.8) is 0 Å². The zero-order valence-corrected chi connectivity index (χ0v) is 19.4. The summed E-state index contributed by atoms with van der Waals surface area (Å²) in [6, 6.07) is 19.2. The number of carbonyl (C=O) groups excluding carboxylic acids is 1. The molecule has 32 heavy (non-hydrogen) atoms. The van der Waals surface area contributed by atoms with Gasteiger partial charge in [-0.05, 0) is 58.8 Å². The van der Waals surface area contributed by atoms with E-state index in [0.717, 1.165) is 16.2 Å². The summed E-state index contributed by atoms with van der Waals surface area (Å²) >= 11 is 1.65. The number of nitrogens with zero attached hydrogens (tertiary/aromatic N) is 3. The molecule has 2 aromatic heterocycles. The molecular formula is C25H26N4O2S. The lowest BCUT2D eigenvalue weighted by atomic mass is 9.87. The molecule has 2 aromatic carbocycles. The van der Waals surface area contributed by atoms with Crippen LogP contribution in [0.3, 0.4) is 0 Å². The highest BCUT2D eigenvalue weighted by Crippen LogP contribution is 2.25. The first-order valence-corrected chi connectivity index (χ1v) is 11.3. The fourth-order valence-electron chi connectivity index (χ4n) is 3.24. The molecule has 0 amide bonds. The third-order valence-electron chi connectivity index (χ3n) is 5.15. The topological polar surface area (TPSA) is 69.0 Å². The lowest BCUT2D eigenvalue weighted by Gasteiger charge is -2.19. The number of carbonyl (C=O) groups is 1. The highest BCUT2D eigenvalue weighted by atomic mass is 32.1. The second-order valence-electron chi connectivity index (χ2n) is 8.46. The summed E-state index contributed by atoms with van der Waals surface area (Å²) < 4.78 is 6.58. The van der Waals surface area contributed by atoms with E-state index in [1.54, 1.807) is 18.4 Å². The third-order valence-corrected chi connectivity index (χ3v) is 6.02. The fourth-order valence-corrected chi connectivity index (χ4v) is 3.89. The van der Waals surface area contributed by atoms with Gasteiger partial charge >= 0.3 is 0 Å². The van der Waals surface area contributed by atoms with Crippen LogP contribution >= 0.6 is 11.3 Å². The Balaban J connectivity index is 1.67. The number of anilines is 1. The molecule has 0 unspecified atom stereocenters. The summed E-state index contributed by atoms with van der Waals surface area (Å²) in [6.07, 6.45) is 0. The van der Waals surface area contributed by atoms with Crippen molar-refractivity contribution >= 4 is 23.2 Å². The van der Waals surface area contributed by atoms with Crippen molar-refractivity contribution in [1.29, 1.82) is 0 Å². The first-order chi connectivity index (χ1) is 15.3. The van der Waals surface area contributed by atoms with Gasteiger partial charge in [0.1, 0.15) is 5.75 Å². The Hall–Kier alpha value is -3.45. The van der Waals surface area contributed by atoms with Crippen molar-refractivity contribution in [2.75, 3.05) is 12.4 Å². The Labute approximate surface area is 191 Å². The SMILES string of the molecule is COc1ccc(-c2nc(NCc3cccs3)n(C(=O)c3ccc(C(C)(C)C)cc3)n2)cc1. The molecule has 0 fully saturated rings. The third kappa shape index (κ3) is 4.73. The molecule has 2 heterocycles. The molecular weight excluding hydrogens is 420 g/mol. The maximum absolute atomic E-state index is 13.3. The molecule has 0 atom stereocenters. The lowest BCUT2D eigenvalue weighted by Crippen LogP contribution is -2.18. The maximum Gasteiger partial charge on any atom is 0.281 e. The Morgan fingerprint density at radius 2 is 1.78 bits per heavy atom. The average molecular weight is 447 g/mol. The highest BCUT2D eigenvalue weighted by molar-refractivity contribution is 7.09. The summed E-state index contributed by atoms with van der Waals surface area (Å²) in [5, 5.41) is 9.83. The number of thiophene rings is 1. The van der Waals surface area contributed by atoms with Crippen molar-refractivity contribution < 1.29 is 9.53 Å². The number of nitrogens with one attached hydrogen (secondary N) is 1. The van der Waals surface area contributed by atoms with Gasteiger partial charge in [-0.1, -0.05) is 39.0 Å². The molecule has 0 saturated carbocycles. The number of benzene rings is 2. The van der Waals surface area contributed by atoms with Crippen molar-refractivity contribution in [2.45, 2.75) is 32.7 Å². The Morgan fingerprint density at radius 3 is 2.38 bits per heavy atom. The molecule has 6 nitrogen and oxygen atoms in total. The molecule has 164 valence electrons. The van der Waals surface area contributed by atoms with Crippen LogP contribution in [0.5, 0.6) is 5.75 Å². The van der Waals surface area contributed by atoms with Crippen LogP contribution < -0.4 is 10.1 Å². The second kappa shape index (κ2) is 8.96. The van der Waals surface area contributed by atoms with Gasteiger partial charge in [0.05, 0.1) is 13.7 Å². The highest BCUT2D eigenvalue weighted by Gasteiger charge is 2.20. The van der Waals surface area contributed by atoms with E-state index in [1.807, 2.05) is 66.0 Å². The molecule has 4 aromatic rings. The number of rotatable bonds is 6. The van der Waals surface area contributed by atoms with Gasteiger partial charge in [-0.3, -0.25) is 4.79 Å². The smallest absolute Gasteiger partial charge is 0.281 e. The molecule has 1 N–H and O–H groups in total. The van der Waals surface area contributed by atoms with Gasteiger partial charge in [-0.2, -0.15) is 9.67 Å². The summed E-state index contributed by atoms with van der Waals surface area (Å²) in [4.78, 5) is 19.1. The van der Waals surface area contributed by atoms with Gasteiger partial charge < -0.3 is 10.1 Å². The number of hydrogen-bond donors (Lipinski definition) is 1. The van der Waals surface area contributed by atoms with Crippen LogP contribution in [0.2, 0.25) is 0 Å². The van der Waals surface area contributed by atoms with E-state index in [-0.39, 0.29) is 11.3 Å². The van der Waals surface area contributed by atoms with Gasteiger partial charge in [-0.15, -0.1) is 16.4 Å². The predicted molar refractivity (Wildman–Crippen MR) is 129 cm³/mol. The van der Waals surface area contributed by atoms with Crippen molar-refractivity contribution in [2.24, 2.45) is 0 Å². The number of hydrogen-bond acceptors (Lipinski definition) is 6. The van der Waals surface area contributed by atoms with Crippen LogP contribution in [-0.4, -0.2) is 27.8 Å². The zero-order valence-electron chi connectivity index (χ0n) is 18.6. The van der Waals surface area contributed by atoms with Crippen molar-refractivity contribution in [1.82, 2.24) is 14.8 Å². The first kappa shape index (κ1) is 21.8. The van der Waals surface area contributed by atoms with Gasteiger partial charge in [0, 0.05) is 16.0 Å². The van der Waals surface area contributed by atoms with Crippen LogP contribution in [-0.2, 0) is 12.0 Å². The standard InChI is InChI=1S/C25H26N4O2S/c1-25(2,3)19-11-7-18(8-12-19)23(30)29-24(26-16-21-6-5-15-32-21)27-22(28-29)17-9-13-20(31-4)14-10-17/h5-15H,16H2,1-4H3,(H,26,27,28). The van der Waals surface area contributed by atoms with Gasteiger partial charge in [0.15, 0.2) is 5.82 Å². The Bertz CT molecular complexity index is 1190. The minimum atomic E-state index is -0.230. The molecule has 0 bridgehead atoms. The van der Waals surface area contributed by atoms with Crippen molar-refractivity contribution in [3.05, 3.63) is 82.0 Å². The van der Waals surface area contributed by atoms with Crippen LogP contribution in [0.4, 0.5) is 5.95 Å². The summed E-state index contributed by atoms with van der Waals surface area (Å²) in [7, 11) is 1.62. The van der Waals surface area contributed by atoms with E-state index in [0.29, 0.717) is 23.9 Å². The predicted octanol–water partition coefficient (Wildman–Crippen LogP) is 5.61. The van der Waals surface area contributed by atoms with Crippen LogP contribution in [0.1, 0.15) is 41.6 Å². The molecule has 0 radical (unpaired) electrons. The van der Waals surface area contributed by atoms with Crippen LogP contribution in [0, 0.1) is 0 Å². The zero-order chi connectivity index (χ0) is 22.7. The summed E-state index contributed by atoms with van der Waals surface area (Å²) in [5.41, 5.74) is 2.55. The van der Waals surface area contributed by atoms with Crippen LogP contribution in [0.15, 0.2) is 66.0 Å². The maximum atomic E-state index is 13.3. The molecule has 0 aliphatic heterocycles. The Morgan fingerprint density at radius 1 is 1.06 bits per heavy atom. The Kier molecular flexibility index (Phi) is 6.10. The van der Waals surface area contributed by atoms with Gasteiger partial charge in [0.2, 0.25) is 5.95 Å². The fraction of sp³-hybridized carbons (Fsp3) is 0.240. The average Bonchev–Trinajstić information content (AvgIpc) is 3.47. The summed E-state index contributed by atoms with van der Waals surface area (Å²) in [6.45, 7) is 7.01. The molecule has 0 saturated heterocycles. The first-order valence-electron chi connectivity index (χ1n) is 10.4. The van der Waals surface area contributed by atoms with Gasteiger partial charge in [-0.25, -0.2) is 0 Å². The molecule has 0 aliphatic carbocycles. The monoisotopic (exact) mass is 446 g/mol. The normalized spacial score (nSPS) is 11.4.